The lowest BCUT2D eigenvalue weighted by Crippen LogP contribution is -2.03. The summed E-state index contributed by atoms with van der Waals surface area (Å²) in [6, 6.07) is 0. The topological polar surface area (TPSA) is 17.8 Å². The number of nitrogens with zero attached hydrogens (tertiary/aromatic N) is 2. The summed E-state index contributed by atoms with van der Waals surface area (Å²) in [5, 5.41) is 4.09. The van der Waals surface area contributed by atoms with Crippen molar-refractivity contribution < 1.29 is 4.39 Å². The highest BCUT2D eigenvalue weighted by Crippen LogP contribution is 2.23. The normalized spacial score (nSPS) is 13.8. The zero-order chi connectivity index (χ0) is 10.2. The number of hydrogen-bond acceptors (Lipinski definition) is 2. The Morgan fingerprint density at radius 1 is 1.38 bits per heavy atom. The average molecular weight is 202 g/mol. The molecule has 0 bridgehead atoms. The van der Waals surface area contributed by atoms with Crippen LogP contribution in [0.3, 0.4) is 0 Å². The van der Waals surface area contributed by atoms with Gasteiger partial charge in [0.2, 0.25) is 0 Å². The number of aromatic nitrogens is 2. The Morgan fingerprint density at radius 2 is 1.92 bits per heavy atom. The molecule has 1 atom stereocenters. The highest BCUT2D eigenvalue weighted by molar-refractivity contribution is 7.80. The predicted octanol–water partition coefficient (Wildman–Crippen LogP) is 2.90. The van der Waals surface area contributed by atoms with Gasteiger partial charge in [-0.1, -0.05) is 13.8 Å². The molecule has 0 radical (unpaired) electrons. The number of hydrogen-bond donors (Lipinski definition) is 1. The fraction of sp³-hybridized carbons (Fsp3) is 0.667. The van der Waals surface area contributed by atoms with E-state index < -0.39 is 0 Å². The van der Waals surface area contributed by atoms with E-state index in [0.717, 1.165) is 0 Å². The monoisotopic (exact) mass is 202 g/mol. The Balaban J connectivity index is 3.20. The lowest BCUT2D eigenvalue weighted by atomic mass is 10.1. The van der Waals surface area contributed by atoms with Gasteiger partial charge in [-0.25, -0.2) is 4.39 Å². The molecule has 0 fully saturated rings. The Kier molecular flexibility index (Phi) is 3.01. The quantitative estimate of drug-likeness (QED) is 0.730. The Labute approximate surface area is 83.5 Å². The van der Waals surface area contributed by atoms with Gasteiger partial charge < -0.3 is 0 Å². The van der Waals surface area contributed by atoms with Crippen molar-refractivity contribution in [1.29, 1.82) is 0 Å². The summed E-state index contributed by atoms with van der Waals surface area (Å²) in [4.78, 5) is 0. The van der Waals surface area contributed by atoms with Crippen molar-refractivity contribution in [1.82, 2.24) is 9.78 Å². The van der Waals surface area contributed by atoms with Crippen LogP contribution in [0.15, 0.2) is 0 Å². The summed E-state index contributed by atoms with van der Waals surface area (Å²) in [5.74, 6) is -0.0806. The SMILES string of the molecule is Cc1c(F)c(C(C)C)nn1C(C)S. The molecule has 0 amide bonds. The lowest BCUT2D eigenvalue weighted by Gasteiger charge is -2.06. The van der Waals surface area contributed by atoms with E-state index in [0.29, 0.717) is 11.4 Å². The van der Waals surface area contributed by atoms with Gasteiger partial charge in [-0.2, -0.15) is 17.7 Å². The Bertz CT molecular complexity index is 276. The van der Waals surface area contributed by atoms with Crippen LogP contribution in [0.25, 0.3) is 0 Å². The summed E-state index contributed by atoms with van der Waals surface area (Å²) >= 11 is 4.22. The molecule has 1 unspecified atom stereocenters. The van der Waals surface area contributed by atoms with E-state index in [1.54, 1.807) is 11.6 Å². The number of rotatable bonds is 2. The van der Waals surface area contributed by atoms with Crippen LogP contribution in [0, 0.1) is 12.7 Å². The molecule has 0 saturated heterocycles. The minimum atomic E-state index is -0.198. The van der Waals surface area contributed by atoms with Crippen molar-refractivity contribution in [2.45, 2.75) is 39.0 Å². The molecular weight excluding hydrogens is 187 g/mol. The molecular formula is C9H15FN2S. The minimum Gasteiger partial charge on any atom is -0.254 e. The molecule has 0 aromatic carbocycles. The molecule has 0 aliphatic rings. The Morgan fingerprint density at radius 3 is 2.15 bits per heavy atom. The summed E-state index contributed by atoms with van der Waals surface area (Å²) in [5.41, 5.74) is 1.09. The van der Waals surface area contributed by atoms with Gasteiger partial charge in [0, 0.05) is 5.92 Å². The van der Waals surface area contributed by atoms with Crippen molar-refractivity contribution in [3.05, 3.63) is 17.2 Å². The minimum absolute atomic E-state index is 0.0815. The first-order valence-corrected chi connectivity index (χ1v) is 4.89. The zero-order valence-electron chi connectivity index (χ0n) is 8.37. The van der Waals surface area contributed by atoms with Crippen LogP contribution in [-0.2, 0) is 0 Å². The molecule has 1 heterocycles. The van der Waals surface area contributed by atoms with Crippen molar-refractivity contribution in [3.8, 4) is 0 Å². The third kappa shape index (κ3) is 1.88. The molecule has 0 aliphatic heterocycles. The molecule has 74 valence electrons. The van der Waals surface area contributed by atoms with Gasteiger partial charge in [-0.3, -0.25) is 4.68 Å². The molecule has 2 nitrogen and oxygen atoms in total. The molecule has 13 heavy (non-hydrogen) atoms. The van der Waals surface area contributed by atoms with Crippen LogP contribution >= 0.6 is 12.6 Å². The average Bonchev–Trinajstić information content (AvgIpc) is 2.29. The second-order valence-corrected chi connectivity index (χ2v) is 4.26. The lowest BCUT2D eigenvalue weighted by molar-refractivity contribution is 0.583. The summed E-state index contributed by atoms with van der Waals surface area (Å²) < 4.78 is 15.1. The van der Waals surface area contributed by atoms with Crippen molar-refractivity contribution >= 4 is 12.6 Å². The first-order valence-electron chi connectivity index (χ1n) is 4.37. The van der Waals surface area contributed by atoms with Gasteiger partial charge >= 0.3 is 0 Å². The van der Waals surface area contributed by atoms with Crippen LogP contribution in [0.1, 0.15) is 43.5 Å². The van der Waals surface area contributed by atoms with Gasteiger partial charge in [-0.15, -0.1) is 0 Å². The van der Waals surface area contributed by atoms with Gasteiger partial charge in [0.25, 0.3) is 0 Å². The maximum Gasteiger partial charge on any atom is 0.167 e. The number of halogens is 1. The molecule has 0 saturated carbocycles. The van der Waals surface area contributed by atoms with Gasteiger partial charge in [0.05, 0.1) is 11.1 Å². The molecule has 1 aromatic rings. The molecule has 0 spiro atoms. The second kappa shape index (κ2) is 3.70. The third-order valence-corrected chi connectivity index (χ3v) is 2.22. The van der Waals surface area contributed by atoms with Crippen molar-refractivity contribution in [2.75, 3.05) is 0 Å². The fourth-order valence-corrected chi connectivity index (χ4v) is 1.48. The standard InChI is InChI=1S/C9H15FN2S/c1-5(2)9-8(10)6(3)12(11-9)7(4)13/h5,7,13H,1-4H3. The summed E-state index contributed by atoms with van der Waals surface area (Å²) in [7, 11) is 0. The van der Waals surface area contributed by atoms with Crippen molar-refractivity contribution in [2.24, 2.45) is 0 Å². The molecule has 0 N–H and O–H groups in total. The maximum absolute atomic E-state index is 13.5. The van der Waals surface area contributed by atoms with E-state index in [4.69, 9.17) is 0 Å². The van der Waals surface area contributed by atoms with Crippen LogP contribution in [0.2, 0.25) is 0 Å². The van der Waals surface area contributed by atoms with E-state index in [-0.39, 0.29) is 17.1 Å². The highest BCUT2D eigenvalue weighted by atomic mass is 32.1. The van der Waals surface area contributed by atoms with Gasteiger partial charge in [0.15, 0.2) is 5.82 Å². The maximum atomic E-state index is 13.5. The van der Waals surface area contributed by atoms with Crippen LogP contribution < -0.4 is 0 Å². The van der Waals surface area contributed by atoms with E-state index in [1.165, 1.54) is 0 Å². The summed E-state index contributed by atoms with van der Waals surface area (Å²) in [6.45, 7) is 7.45. The largest absolute Gasteiger partial charge is 0.254 e. The zero-order valence-corrected chi connectivity index (χ0v) is 9.27. The second-order valence-electron chi connectivity index (χ2n) is 3.52. The number of thiol groups is 1. The van der Waals surface area contributed by atoms with E-state index in [2.05, 4.69) is 17.7 Å². The van der Waals surface area contributed by atoms with E-state index in [1.807, 2.05) is 20.8 Å². The molecule has 4 heteroatoms. The molecule has 1 aromatic heterocycles. The van der Waals surface area contributed by atoms with Crippen LogP contribution in [-0.4, -0.2) is 9.78 Å². The van der Waals surface area contributed by atoms with E-state index >= 15 is 0 Å². The Hall–Kier alpha value is -0.510. The van der Waals surface area contributed by atoms with E-state index in [9.17, 15) is 4.39 Å². The predicted molar refractivity (Wildman–Crippen MR) is 54.7 cm³/mol. The first kappa shape index (κ1) is 10.6. The first-order chi connectivity index (χ1) is 5.95. The smallest absolute Gasteiger partial charge is 0.167 e. The van der Waals surface area contributed by atoms with Gasteiger partial charge in [0.1, 0.15) is 5.69 Å². The van der Waals surface area contributed by atoms with Crippen molar-refractivity contribution in [3.63, 3.8) is 0 Å². The fourth-order valence-electron chi connectivity index (χ4n) is 1.25. The van der Waals surface area contributed by atoms with Crippen LogP contribution in [0.4, 0.5) is 4.39 Å². The molecule has 1 rings (SSSR count). The van der Waals surface area contributed by atoms with Gasteiger partial charge in [-0.05, 0) is 13.8 Å². The highest BCUT2D eigenvalue weighted by Gasteiger charge is 2.18. The van der Waals surface area contributed by atoms with Crippen LogP contribution in [0.5, 0.6) is 0 Å². The third-order valence-electron chi connectivity index (χ3n) is 2.00. The summed E-state index contributed by atoms with van der Waals surface area (Å²) in [6.07, 6.45) is 0. The molecule has 0 aliphatic carbocycles.